The second-order valence-electron chi connectivity index (χ2n) is 6.49. The van der Waals surface area contributed by atoms with Crippen LogP contribution in [-0.4, -0.2) is 36.6 Å². The van der Waals surface area contributed by atoms with E-state index in [4.69, 9.17) is 0 Å². The lowest BCUT2D eigenvalue weighted by Gasteiger charge is -2.44. The summed E-state index contributed by atoms with van der Waals surface area (Å²) in [5.41, 5.74) is 0.182. The van der Waals surface area contributed by atoms with Gasteiger partial charge in [0.2, 0.25) is 0 Å². The van der Waals surface area contributed by atoms with Crippen molar-refractivity contribution in [1.82, 2.24) is 10.2 Å². The van der Waals surface area contributed by atoms with Gasteiger partial charge in [-0.1, -0.05) is 26.7 Å². The van der Waals surface area contributed by atoms with E-state index in [0.29, 0.717) is 11.5 Å². The molecule has 0 radical (unpaired) electrons. The predicted octanol–water partition coefficient (Wildman–Crippen LogP) is 3.17. The molecule has 1 rings (SSSR count). The van der Waals surface area contributed by atoms with Crippen LogP contribution in [0.25, 0.3) is 0 Å². The molecule has 0 saturated carbocycles. The standard InChI is InChI=1S/C16H31N3/c1-6-16(7-2)8-10-19(11-9-16)14(3)12-15(4,13-17)18-5/h14,18H,6-12H2,1-5H3. The molecule has 1 saturated heterocycles. The average Bonchev–Trinajstić information content (AvgIpc) is 2.47. The van der Waals surface area contributed by atoms with Crippen LogP contribution in [0.1, 0.15) is 59.8 Å². The fraction of sp³-hybridized carbons (Fsp3) is 0.938. The van der Waals surface area contributed by atoms with Gasteiger partial charge in [0.05, 0.1) is 6.07 Å². The maximum atomic E-state index is 9.26. The second-order valence-corrected chi connectivity index (χ2v) is 6.49. The minimum Gasteiger partial charge on any atom is -0.303 e. The molecular weight excluding hydrogens is 234 g/mol. The fourth-order valence-corrected chi connectivity index (χ4v) is 3.32. The van der Waals surface area contributed by atoms with Crippen LogP contribution in [0.4, 0.5) is 0 Å². The lowest BCUT2D eigenvalue weighted by molar-refractivity contribution is 0.0631. The quantitative estimate of drug-likeness (QED) is 0.802. The number of rotatable bonds is 6. The van der Waals surface area contributed by atoms with E-state index >= 15 is 0 Å². The predicted molar refractivity (Wildman–Crippen MR) is 81.0 cm³/mol. The summed E-state index contributed by atoms with van der Waals surface area (Å²) in [6.45, 7) is 11.3. The number of nitriles is 1. The maximum absolute atomic E-state index is 9.26. The van der Waals surface area contributed by atoms with Crippen LogP contribution in [0.3, 0.4) is 0 Å². The van der Waals surface area contributed by atoms with Crippen LogP contribution < -0.4 is 5.32 Å². The third-order valence-corrected chi connectivity index (χ3v) is 5.48. The second kappa shape index (κ2) is 6.72. The molecule has 0 aromatic heterocycles. The molecule has 2 unspecified atom stereocenters. The Bertz CT molecular complexity index is 306. The molecule has 0 aromatic rings. The summed E-state index contributed by atoms with van der Waals surface area (Å²) in [6.07, 6.45) is 6.13. The fourth-order valence-electron chi connectivity index (χ4n) is 3.32. The van der Waals surface area contributed by atoms with Crippen molar-refractivity contribution < 1.29 is 0 Å². The number of nitrogens with one attached hydrogen (secondary N) is 1. The molecule has 0 amide bonds. The minimum absolute atomic E-state index is 0.399. The third-order valence-electron chi connectivity index (χ3n) is 5.48. The van der Waals surface area contributed by atoms with Crippen molar-refractivity contribution in [2.24, 2.45) is 5.41 Å². The van der Waals surface area contributed by atoms with E-state index in [1.807, 2.05) is 14.0 Å². The van der Waals surface area contributed by atoms with Crippen LogP contribution in [0.15, 0.2) is 0 Å². The van der Waals surface area contributed by atoms with E-state index in [1.54, 1.807) is 0 Å². The lowest BCUT2D eigenvalue weighted by Crippen LogP contribution is -2.49. The summed E-state index contributed by atoms with van der Waals surface area (Å²) >= 11 is 0. The van der Waals surface area contributed by atoms with Crippen molar-refractivity contribution in [2.45, 2.75) is 71.4 Å². The van der Waals surface area contributed by atoms with Gasteiger partial charge in [-0.15, -0.1) is 0 Å². The first-order valence-corrected chi connectivity index (χ1v) is 7.78. The van der Waals surface area contributed by atoms with Gasteiger partial charge in [-0.25, -0.2) is 0 Å². The molecule has 1 fully saturated rings. The van der Waals surface area contributed by atoms with Crippen molar-refractivity contribution in [2.75, 3.05) is 20.1 Å². The Hall–Kier alpha value is -0.590. The van der Waals surface area contributed by atoms with Gasteiger partial charge in [0, 0.05) is 6.04 Å². The van der Waals surface area contributed by atoms with Crippen molar-refractivity contribution in [3.63, 3.8) is 0 Å². The van der Waals surface area contributed by atoms with Crippen molar-refractivity contribution in [3.05, 3.63) is 0 Å². The number of likely N-dealkylation sites (tertiary alicyclic amines) is 1. The zero-order chi connectivity index (χ0) is 14.5. The van der Waals surface area contributed by atoms with Gasteiger partial charge in [-0.3, -0.25) is 0 Å². The molecule has 0 aromatic carbocycles. The van der Waals surface area contributed by atoms with E-state index in [-0.39, 0.29) is 0 Å². The van der Waals surface area contributed by atoms with Gasteiger partial charge in [-0.05, 0) is 58.7 Å². The number of hydrogen-bond acceptors (Lipinski definition) is 3. The molecule has 3 heteroatoms. The topological polar surface area (TPSA) is 39.1 Å². The first-order valence-electron chi connectivity index (χ1n) is 7.78. The molecule has 0 aliphatic carbocycles. The molecule has 1 heterocycles. The Labute approximate surface area is 119 Å². The van der Waals surface area contributed by atoms with E-state index in [1.165, 1.54) is 38.8 Å². The molecule has 0 spiro atoms. The van der Waals surface area contributed by atoms with E-state index < -0.39 is 5.54 Å². The highest BCUT2D eigenvalue weighted by molar-refractivity contribution is 5.05. The summed E-state index contributed by atoms with van der Waals surface area (Å²) in [7, 11) is 1.88. The van der Waals surface area contributed by atoms with Crippen molar-refractivity contribution in [1.29, 1.82) is 5.26 Å². The van der Waals surface area contributed by atoms with Gasteiger partial charge >= 0.3 is 0 Å². The SMILES string of the molecule is CCC1(CC)CCN(C(C)CC(C)(C#N)NC)CC1. The Morgan fingerprint density at radius 1 is 1.32 bits per heavy atom. The highest BCUT2D eigenvalue weighted by Crippen LogP contribution is 2.38. The van der Waals surface area contributed by atoms with Gasteiger partial charge < -0.3 is 10.2 Å². The molecule has 3 nitrogen and oxygen atoms in total. The summed E-state index contributed by atoms with van der Waals surface area (Å²) in [5, 5.41) is 12.4. The van der Waals surface area contributed by atoms with Gasteiger partial charge in [-0.2, -0.15) is 5.26 Å². The van der Waals surface area contributed by atoms with Gasteiger partial charge in [0.25, 0.3) is 0 Å². The minimum atomic E-state index is -0.399. The third kappa shape index (κ3) is 3.94. The Kier molecular flexibility index (Phi) is 5.82. The Morgan fingerprint density at radius 3 is 2.21 bits per heavy atom. The summed E-state index contributed by atoms with van der Waals surface area (Å²) in [5.74, 6) is 0. The lowest BCUT2D eigenvalue weighted by atomic mass is 9.74. The normalized spacial score (nSPS) is 24.4. The van der Waals surface area contributed by atoms with E-state index in [2.05, 4.69) is 37.1 Å². The highest BCUT2D eigenvalue weighted by Gasteiger charge is 2.34. The molecule has 19 heavy (non-hydrogen) atoms. The first-order chi connectivity index (χ1) is 8.94. The Balaban J connectivity index is 2.54. The monoisotopic (exact) mass is 265 g/mol. The molecule has 1 aliphatic rings. The van der Waals surface area contributed by atoms with Crippen LogP contribution in [0.2, 0.25) is 0 Å². The number of piperidine rings is 1. The largest absolute Gasteiger partial charge is 0.303 e. The van der Waals surface area contributed by atoms with Crippen molar-refractivity contribution >= 4 is 0 Å². The summed E-state index contributed by atoms with van der Waals surface area (Å²) < 4.78 is 0. The van der Waals surface area contributed by atoms with Crippen molar-refractivity contribution in [3.8, 4) is 6.07 Å². The number of nitrogens with zero attached hydrogens (tertiary/aromatic N) is 2. The van der Waals surface area contributed by atoms with Crippen LogP contribution in [0.5, 0.6) is 0 Å². The molecular formula is C16H31N3. The summed E-state index contributed by atoms with van der Waals surface area (Å²) in [6, 6.07) is 2.87. The summed E-state index contributed by atoms with van der Waals surface area (Å²) in [4.78, 5) is 2.57. The zero-order valence-corrected chi connectivity index (χ0v) is 13.4. The molecule has 2 atom stereocenters. The first kappa shape index (κ1) is 16.5. The molecule has 1 N–H and O–H groups in total. The average molecular weight is 265 g/mol. The van der Waals surface area contributed by atoms with Crippen LogP contribution >= 0.6 is 0 Å². The smallest absolute Gasteiger partial charge is 0.105 e. The van der Waals surface area contributed by atoms with Gasteiger partial charge in [0.15, 0.2) is 0 Å². The van der Waals surface area contributed by atoms with E-state index in [0.717, 1.165) is 6.42 Å². The van der Waals surface area contributed by atoms with Gasteiger partial charge in [0.1, 0.15) is 5.54 Å². The zero-order valence-electron chi connectivity index (χ0n) is 13.4. The molecule has 1 aliphatic heterocycles. The highest BCUT2D eigenvalue weighted by atomic mass is 15.2. The molecule has 110 valence electrons. The maximum Gasteiger partial charge on any atom is 0.105 e. The van der Waals surface area contributed by atoms with E-state index in [9.17, 15) is 5.26 Å². The number of hydrogen-bond donors (Lipinski definition) is 1. The Morgan fingerprint density at radius 2 is 1.84 bits per heavy atom. The molecule has 0 bridgehead atoms. The van der Waals surface area contributed by atoms with Crippen LogP contribution in [0, 0.1) is 16.7 Å². The van der Waals surface area contributed by atoms with Crippen LogP contribution in [-0.2, 0) is 0 Å².